The van der Waals surface area contributed by atoms with E-state index in [9.17, 15) is 0 Å². The van der Waals surface area contributed by atoms with E-state index in [0.717, 1.165) is 0 Å². The number of allylic oxidation sites excluding steroid dienone is 3. The average molecular weight is 142 g/mol. The first kappa shape index (κ1) is 8.18. The molecule has 0 unspecified atom stereocenters. The van der Waals surface area contributed by atoms with E-state index in [1.807, 2.05) is 0 Å². The van der Waals surface area contributed by atoms with E-state index in [-0.39, 0.29) is 0 Å². The Labute approximate surface area is 60.1 Å². The third-order valence-electron chi connectivity index (χ3n) is 0.559. The molecule has 0 bridgehead atoms. The van der Waals surface area contributed by atoms with Gasteiger partial charge in [0.25, 0.3) is 0 Å². The lowest BCUT2D eigenvalue weighted by atomic mass is 10.6. The summed E-state index contributed by atoms with van der Waals surface area (Å²) in [7, 11) is 0. The van der Waals surface area contributed by atoms with Crippen LogP contribution in [0, 0.1) is 0 Å². The summed E-state index contributed by atoms with van der Waals surface area (Å²) in [6.07, 6.45) is 6.24. The molecule has 0 atom stereocenters. The van der Waals surface area contributed by atoms with Crippen LogP contribution in [0.3, 0.4) is 0 Å². The number of hydrogen-bond donors (Lipinski definition) is 0. The molecule has 0 N–H and O–H groups in total. The van der Waals surface area contributed by atoms with Crippen LogP contribution < -0.4 is 0 Å². The second-order valence-corrected chi connectivity index (χ2v) is 1.63. The van der Waals surface area contributed by atoms with E-state index in [4.69, 9.17) is 11.6 Å². The van der Waals surface area contributed by atoms with Gasteiger partial charge in [0.05, 0.1) is 0 Å². The van der Waals surface area contributed by atoms with Crippen LogP contribution in [0.15, 0.2) is 41.5 Å². The van der Waals surface area contributed by atoms with Crippen LogP contribution >= 0.6 is 11.6 Å². The predicted octanol–water partition coefficient (Wildman–Crippen LogP) is 2.51. The van der Waals surface area contributed by atoms with Crippen LogP contribution in [0.1, 0.15) is 0 Å². The van der Waals surface area contributed by atoms with E-state index >= 15 is 0 Å². The number of hydrogen-bond acceptors (Lipinski definition) is 1. The molecule has 0 spiro atoms. The Morgan fingerprint density at radius 2 is 2.00 bits per heavy atom. The second kappa shape index (κ2) is 5.32. The van der Waals surface area contributed by atoms with Crippen molar-refractivity contribution < 1.29 is 0 Å². The molecule has 1 nitrogen and oxygen atoms in total. The minimum Gasteiger partial charge on any atom is -0.245 e. The summed E-state index contributed by atoms with van der Waals surface area (Å²) in [5.74, 6) is 0. The van der Waals surface area contributed by atoms with E-state index in [2.05, 4.69) is 18.2 Å². The fourth-order valence-corrected chi connectivity index (χ4v) is 0.410. The van der Waals surface area contributed by atoms with Gasteiger partial charge in [0.1, 0.15) is 5.16 Å². The normalized spacial score (nSPS) is 11.9. The van der Waals surface area contributed by atoms with Gasteiger partial charge in [-0.1, -0.05) is 36.9 Å². The summed E-state index contributed by atoms with van der Waals surface area (Å²) in [5, 5.41) is 0.407. The summed E-state index contributed by atoms with van der Waals surface area (Å²) >= 11 is 5.50. The Balaban J connectivity index is 3.88. The lowest BCUT2D eigenvalue weighted by molar-refractivity contribution is 1.54. The van der Waals surface area contributed by atoms with Gasteiger partial charge in [0.2, 0.25) is 0 Å². The first-order chi connectivity index (χ1) is 4.31. The van der Waals surface area contributed by atoms with Crippen molar-refractivity contribution in [2.24, 2.45) is 4.99 Å². The zero-order valence-electron chi connectivity index (χ0n) is 5.05. The van der Waals surface area contributed by atoms with Gasteiger partial charge in [-0.2, -0.15) is 0 Å². The molecule has 0 radical (unpaired) electrons. The van der Waals surface area contributed by atoms with Gasteiger partial charge in [0, 0.05) is 6.21 Å². The van der Waals surface area contributed by atoms with Crippen LogP contribution in [0.2, 0.25) is 0 Å². The number of aliphatic imine (C=N–C) groups is 1. The van der Waals surface area contributed by atoms with Crippen molar-refractivity contribution in [3.8, 4) is 0 Å². The van der Waals surface area contributed by atoms with Gasteiger partial charge in [-0.15, -0.1) is 0 Å². The van der Waals surface area contributed by atoms with Crippen LogP contribution in [0.5, 0.6) is 0 Å². The molecule has 0 aliphatic carbocycles. The van der Waals surface area contributed by atoms with Gasteiger partial charge in [0.15, 0.2) is 0 Å². The SMILES string of the molecule is C=C/C=N\C(Cl)=C/C=C. The molecule has 0 aromatic heterocycles. The molecule has 9 heavy (non-hydrogen) atoms. The highest BCUT2D eigenvalue weighted by Crippen LogP contribution is 2.00. The maximum Gasteiger partial charge on any atom is 0.128 e. The highest BCUT2D eigenvalue weighted by Gasteiger charge is 1.76. The Morgan fingerprint density at radius 1 is 1.33 bits per heavy atom. The fraction of sp³-hybridized carbons (Fsp3) is 0. The third kappa shape index (κ3) is 5.04. The Bertz CT molecular complexity index is 156. The van der Waals surface area contributed by atoms with Crippen LogP contribution in [0.4, 0.5) is 0 Å². The molecule has 0 heterocycles. The highest BCUT2D eigenvalue weighted by atomic mass is 35.5. The number of rotatable bonds is 3. The molecule has 0 aliphatic rings. The van der Waals surface area contributed by atoms with Gasteiger partial charge in [-0.05, 0) is 6.08 Å². The van der Waals surface area contributed by atoms with Crippen LogP contribution in [-0.2, 0) is 0 Å². The molecule has 2 heteroatoms. The largest absolute Gasteiger partial charge is 0.245 e. The first-order valence-corrected chi connectivity index (χ1v) is 2.82. The lowest BCUT2D eigenvalue weighted by Crippen LogP contribution is -1.63. The van der Waals surface area contributed by atoms with Crippen molar-refractivity contribution in [1.82, 2.24) is 0 Å². The first-order valence-electron chi connectivity index (χ1n) is 2.44. The van der Waals surface area contributed by atoms with Gasteiger partial charge in [-0.3, -0.25) is 0 Å². The maximum atomic E-state index is 5.50. The molecule has 0 rings (SSSR count). The van der Waals surface area contributed by atoms with Crippen molar-refractivity contribution in [3.63, 3.8) is 0 Å². The van der Waals surface area contributed by atoms with Gasteiger partial charge < -0.3 is 0 Å². The second-order valence-electron chi connectivity index (χ2n) is 1.24. The standard InChI is InChI=1S/C7H8ClN/c1-3-5-7(8)9-6-4-2/h3-6H,1-2H2/b7-5-,9-6-. The quantitative estimate of drug-likeness (QED) is 0.325. The Morgan fingerprint density at radius 3 is 2.44 bits per heavy atom. The average Bonchev–Trinajstić information content (AvgIpc) is 1.85. The molecular formula is C7H8ClN. The summed E-state index contributed by atoms with van der Waals surface area (Å²) in [6, 6.07) is 0. The molecule has 0 aliphatic heterocycles. The smallest absolute Gasteiger partial charge is 0.128 e. The van der Waals surface area contributed by atoms with Crippen molar-refractivity contribution in [3.05, 3.63) is 36.5 Å². The predicted molar refractivity (Wildman–Crippen MR) is 42.8 cm³/mol. The molecule has 0 aromatic rings. The van der Waals surface area contributed by atoms with Crippen molar-refractivity contribution in [2.45, 2.75) is 0 Å². The van der Waals surface area contributed by atoms with Crippen molar-refractivity contribution in [1.29, 1.82) is 0 Å². The van der Waals surface area contributed by atoms with Crippen molar-refractivity contribution in [2.75, 3.05) is 0 Å². The molecule has 0 fully saturated rings. The van der Waals surface area contributed by atoms with Gasteiger partial charge in [-0.25, -0.2) is 4.99 Å². The van der Waals surface area contributed by atoms with Crippen molar-refractivity contribution >= 4 is 17.8 Å². The molecule has 48 valence electrons. The third-order valence-corrected chi connectivity index (χ3v) is 0.782. The zero-order valence-corrected chi connectivity index (χ0v) is 5.80. The lowest BCUT2D eigenvalue weighted by Gasteiger charge is -1.80. The molecule has 0 saturated heterocycles. The summed E-state index contributed by atoms with van der Waals surface area (Å²) in [6.45, 7) is 6.88. The molecule has 0 amide bonds. The summed E-state index contributed by atoms with van der Waals surface area (Å²) in [4.78, 5) is 3.74. The maximum absolute atomic E-state index is 5.50. The Hall–Kier alpha value is -0.820. The number of halogens is 1. The summed E-state index contributed by atoms with van der Waals surface area (Å²) < 4.78 is 0. The highest BCUT2D eigenvalue weighted by molar-refractivity contribution is 6.29. The zero-order chi connectivity index (χ0) is 7.11. The fourth-order valence-electron chi connectivity index (χ4n) is 0.264. The number of nitrogens with zero attached hydrogens (tertiary/aromatic N) is 1. The Kier molecular flexibility index (Phi) is 4.83. The summed E-state index contributed by atoms with van der Waals surface area (Å²) in [5.41, 5.74) is 0. The van der Waals surface area contributed by atoms with Crippen LogP contribution in [0.25, 0.3) is 0 Å². The van der Waals surface area contributed by atoms with Crippen LogP contribution in [-0.4, -0.2) is 6.21 Å². The van der Waals surface area contributed by atoms with E-state index < -0.39 is 0 Å². The topological polar surface area (TPSA) is 12.4 Å². The van der Waals surface area contributed by atoms with Gasteiger partial charge >= 0.3 is 0 Å². The van der Waals surface area contributed by atoms with E-state index in [1.54, 1.807) is 18.2 Å². The van der Waals surface area contributed by atoms with E-state index in [1.165, 1.54) is 6.21 Å². The minimum absolute atomic E-state index is 0.407. The molecule has 0 saturated carbocycles. The molecular weight excluding hydrogens is 134 g/mol. The molecule has 0 aromatic carbocycles. The minimum atomic E-state index is 0.407. The van der Waals surface area contributed by atoms with E-state index in [0.29, 0.717) is 5.16 Å². The monoisotopic (exact) mass is 141 g/mol.